The molecule has 0 aromatic heterocycles. The van der Waals surface area contributed by atoms with Crippen molar-refractivity contribution in [1.29, 1.82) is 26.3 Å². The molecular formula is C9H12FeN7. The molecule has 0 aliphatic rings. The van der Waals surface area contributed by atoms with Gasteiger partial charge in [0.15, 0.2) is 0 Å². The predicted octanol–water partition coefficient (Wildman–Crippen LogP) is -0.236. The number of nitrogens with zero attached hydrogens (tertiary/aromatic N) is 5. The summed E-state index contributed by atoms with van der Waals surface area (Å²) < 4.78 is 0. The van der Waals surface area contributed by atoms with Gasteiger partial charge in [-0.2, -0.15) is 0 Å². The van der Waals surface area contributed by atoms with Crippen LogP contribution in [0, 0.1) is 51.1 Å². The molecule has 0 fully saturated rings. The second-order valence-corrected chi connectivity index (χ2v) is 7.47. The Morgan fingerprint density at radius 2 is 1.06 bits per heavy atom. The van der Waals surface area contributed by atoms with Crippen molar-refractivity contribution >= 4 is 0 Å². The van der Waals surface area contributed by atoms with E-state index in [1.807, 2.05) is 13.8 Å². The van der Waals surface area contributed by atoms with E-state index in [1.165, 1.54) is 24.8 Å². The molecule has 0 amide bonds. The Bertz CT molecular complexity index is 384. The van der Waals surface area contributed by atoms with E-state index in [-0.39, 0.29) is 5.54 Å². The van der Waals surface area contributed by atoms with Gasteiger partial charge in [-0.3, -0.25) is 0 Å². The molecule has 0 aromatic carbocycles. The number of nitrogens with two attached hydrogens (primary N) is 2. The Morgan fingerprint density at radius 3 is 1.06 bits per heavy atom. The van der Waals surface area contributed by atoms with Crippen LogP contribution in [0.3, 0.4) is 0 Å². The molecule has 0 saturated carbocycles. The van der Waals surface area contributed by atoms with Crippen LogP contribution < -0.4 is 11.5 Å². The molecule has 17 heavy (non-hydrogen) atoms. The SMILES string of the molecule is CC(C)(N)CN.N#[C][Fe]([C]#N)([C]#N)([C]#N)[C]#N. The maximum absolute atomic E-state index is 8.35. The van der Waals surface area contributed by atoms with Crippen LogP contribution >= 0.6 is 0 Å². The Hall–Kier alpha value is -2.11. The minimum absolute atomic E-state index is 0.181. The summed E-state index contributed by atoms with van der Waals surface area (Å²) in [6, 6.07) is 0. The van der Waals surface area contributed by atoms with Gasteiger partial charge in [0.1, 0.15) is 0 Å². The number of rotatable bonds is 1. The molecule has 0 aliphatic heterocycles. The van der Waals surface area contributed by atoms with Gasteiger partial charge >= 0.3 is 62.9 Å². The van der Waals surface area contributed by atoms with Gasteiger partial charge in [0.05, 0.1) is 0 Å². The van der Waals surface area contributed by atoms with Crippen LogP contribution in [-0.2, 0) is 11.8 Å². The average molecular weight is 274 g/mol. The third kappa shape index (κ3) is 4.50. The summed E-state index contributed by atoms with van der Waals surface area (Å²) in [6.45, 7) is 4.34. The Kier molecular flexibility index (Phi) is 5.93. The van der Waals surface area contributed by atoms with Crippen molar-refractivity contribution in [2.75, 3.05) is 6.54 Å². The molecule has 0 unspecified atom stereocenters. The standard InChI is InChI=1S/C4H12N2.5CN.Fe/c1-4(2,6)3-5;5*1-2;/h3,5-6H2,1-2H3;;;;;;. The quantitative estimate of drug-likeness (QED) is 0.621. The van der Waals surface area contributed by atoms with E-state index in [1.54, 1.807) is 0 Å². The summed E-state index contributed by atoms with van der Waals surface area (Å²) >= 11 is -4.78. The van der Waals surface area contributed by atoms with Crippen LogP contribution in [0.4, 0.5) is 0 Å². The van der Waals surface area contributed by atoms with Gasteiger partial charge in [0.25, 0.3) is 0 Å². The fourth-order valence-electron chi connectivity index (χ4n) is 0.177. The summed E-state index contributed by atoms with van der Waals surface area (Å²) in [5.41, 5.74) is 10.4. The van der Waals surface area contributed by atoms with E-state index in [0.717, 1.165) is 0 Å². The van der Waals surface area contributed by atoms with Crippen molar-refractivity contribution in [3.05, 3.63) is 0 Å². The molecule has 0 spiro atoms. The molecule has 7 nitrogen and oxygen atoms in total. The fraction of sp³-hybridized carbons (Fsp3) is 0.444. The zero-order chi connectivity index (χ0) is 14.2. The van der Waals surface area contributed by atoms with Crippen LogP contribution in [0.15, 0.2) is 0 Å². The van der Waals surface area contributed by atoms with Crippen LogP contribution in [0.25, 0.3) is 0 Å². The van der Waals surface area contributed by atoms with Crippen molar-refractivity contribution < 1.29 is 11.8 Å². The zero-order valence-corrected chi connectivity index (χ0v) is 10.6. The normalized spacial score (nSPS) is 11.6. The molecule has 0 radical (unpaired) electrons. The van der Waals surface area contributed by atoms with E-state index < -0.39 is 11.8 Å². The minimum atomic E-state index is -4.78. The second kappa shape index (κ2) is 5.83. The molecule has 4 N–H and O–H groups in total. The first-order valence-electron chi connectivity index (χ1n) is 4.05. The summed E-state index contributed by atoms with van der Waals surface area (Å²) in [7, 11) is 0. The average Bonchev–Trinajstić information content (AvgIpc) is 2.34. The maximum atomic E-state index is 8.35. The number of nitriles is 5. The molecule has 0 rings (SSSR count). The molecule has 0 aliphatic carbocycles. The van der Waals surface area contributed by atoms with Crippen molar-refractivity contribution in [1.82, 2.24) is 0 Å². The molecule has 8 heteroatoms. The van der Waals surface area contributed by atoms with E-state index in [2.05, 4.69) is 0 Å². The van der Waals surface area contributed by atoms with Gasteiger partial charge in [0.2, 0.25) is 0 Å². The molecule has 0 saturated heterocycles. The van der Waals surface area contributed by atoms with E-state index in [9.17, 15) is 0 Å². The molecule has 0 bridgehead atoms. The van der Waals surface area contributed by atoms with Crippen molar-refractivity contribution in [3.63, 3.8) is 0 Å². The van der Waals surface area contributed by atoms with Gasteiger partial charge in [-0.1, -0.05) is 0 Å². The van der Waals surface area contributed by atoms with Gasteiger partial charge < -0.3 is 11.5 Å². The van der Waals surface area contributed by atoms with Gasteiger partial charge in [-0.05, 0) is 13.8 Å². The van der Waals surface area contributed by atoms with Gasteiger partial charge in [-0.15, -0.1) is 0 Å². The first-order valence-corrected chi connectivity index (χ1v) is 6.81. The molecule has 0 aromatic rings. The first-order chi connectivity index (χ1) is 7.68. The van der Waals surface area contributed by atoms with Crippen molar-refractivity contribution in [2.45, 2.75) is 19.4 Å². The van der Waals surface area contributed by atoms with Crippen LogP contribution in [0.1, 0.15) is 13.8 Å². The van der Waals surface area contributed by atoms with Crippen molar-refractivity contribution in [2.24, 2.45) is 11.5 Å². The van der Waals surface area contributed by atoms with Crippen molar-refractivity contribution in [3.8, 4) is 24.8 Å². The first kappa shape index (κ1) is 17.3. The topological polar surface area (TPSA) is 171 Å². The van der Waals surface area contributed by atoms with E-state index in [4.69, 9.17) is 37.8 Å². The fourth-order valence-corrected chi connectivity index (χ4v) is 0.729. The van der Waals surface area contributed by atoms with Crippen LogP contribution in [0.2, 0.25) is 0 Å². The third-order valence-corrected chi connectivity index (χ3v) is 3.79. The molecule has 0 heterocycles. The summed E-state index contributed by atoms with van der Waals surface area (Å²) in [4.78, 5) is 6.12. The monoisotopic (exact) mass is 274 g/mol. The third-order valence-electron chi connectivity index (χ3n) is 1.32. The Balaban J connectivity index is 0. The summed E-state index contributed by atoms with van der Waals surface area (Å²) in [5.74, 6) is 0. The molecule has 91 valence electrons. The van der Waals surface area contributed by atoms with Gasteiger partial charge in [0, 0.05) is 12.1 Å². The summed E-state index contributed by atoms with van der Waals surface area (Å²) in [5, 5.41) is 41.8. The number of hydrogen-bond acceptors (Lipinski definition) is 7. The Labute approximate surface area is 101 Å². The summed E-state index contributed by atoms with van der Waals surface area (Å²) in [6.07, 6.45) is 0. The van der Waals surface area contributed by atoms with E-state index in [0.29, 0.717) is 6.54 Å². The second-order valence-electron chi connectivity index (χ2n) is 3.47. The zero-order valence-electron chi connectivity index (χ0n) is 9.45. The van der Waals surface area contributed by atoms with E-state index >= 15 is 0 Å². The molecule has 0 atom stereocenters. The molecular weight excluding hydrogens is 262 g/mol. The van der Waals surface area contributed by atoms with Gasteiger partial charge in [-0.25, -0.2) is 0 Å². The van der Waals surface area contributed by atoms with Crippen LogP contribution in [-0.4, -0.2) is 12.1 Å². The van der Waals surface area contributed by atoms with Crippen LogP contribution in [0.5, 0.6) is 0 Å². The number of hydrogen-bond donors (Lipinski definition) is 2. The predicted molar refractivity (Wildman–Crippen MR) is 55.4 cm³/mol. The Morgan fingerprint density at radius 1 is 0.882 bits per heavy atom.